The van der Waals surface area contributed by atoms with E-state index in [1.54, 1.807) is 25.3 Å². The van der Waals surface area contributed by atoms with Gasteiger partial charge in [0.1, 0.15) is 0 Å². The molecule has 80 valence electrons. The molecule has 1 N–H and O–H groups in total. The van der Waals surface area contributed by atoms with Gasteiger partial charge in [0.25, 0.3) is 0 Å². The molecule has 0 fully saturated rings. The van der Waals surface area contributed by atoms with Gasteiger partial charge in [-0.15, -0.1) is 0 Å². The zero-order chi connectivity index (χ0) is 11.3. The summed E-state index contributed by atoms with van der Waals surface area (Å²) in [5.41, 5.74) is 1.38. The van der Waals surface area contributed by atoms with Crippen LogP contribution in [0.2, 0.25) is 5.02 Å². The number of halogens is 1. The largest absolute Gasteiger partial charge is 0.381 e. The number of hydrogen-bond donors (Lipinski definition) is 1. The van der Waals surface area contributed by atoms with E-state index in [4.69, 9.17) is 21.6 Å². The van der Waals surface area contributed by atoms with Crippen LogP contribution < -0.4 is 5.32 Å². The van der Waals surface area contributed by atoms with Crippen molar-refractivity contribution in [3.8, 4) is 6.07 Å². The van der Waals surface area contributed by atoms with E-state index < -0.39 is 0 Å². The van der Waals surface area contributed by atoms with Gasteiger partial charge in [0.2, 0.25) is 0 Å². The summed E-state index contributed by atoms with van der Waals surface area (Å²) < 4.78 is 5.10. The third-order valence-electron chi connectivity index (χ3n) is 2.08. The standard InChI is InChI=1S/C11H13ClN2O/c1-8(15-2)7-14-11-4-3-9(6-13)5-10(11)12/h3-5,8,14H,7H2,1-2H3. The molecule has 0 bridgehead atoms. The average molecular weight is 225 g/mol. The summed E-state index contributed by atoms with van der Waals surface area (Å²) in [4.78, 5) is 0. The SMILES string of the molecule is COC(C)CNc1ccc(C#N)cc1Cl. The topological polar surface area (TPSA) is 45.0 Å². The van der Waals surface area contributed by atoms with Crippen molar-refractivity contribution in [1.82, 2.24) is 0 Å². The zero-order valence-electron chi connectivity index (χ0n) is 8.75. The lowest BCUT2D eigenvalue weighted by atomic mass is 10.2. The van der Waals surface area contributed by atoms with Gasteiger partial charge in [0.15, 0.2) is 0 Å². The minimum absolute atomic E-state index is 0.122. The Labute approximate surface area is 94.6 Å². The van der Waals surface area contributed by atoms with Crippen LogP contribution in [0.5, 0.6) is 0 Å². The molecule has 1 rings (SSSR count). The lowest BCUT2D eigenvalue weighted by Crippen LogP contribution is -2.18. The molecule has 1 unspecified atom stereocenters. The fourth-order valence-electron chi connectivity index (χ4n) is 1.07. The van der Waals surface area contributed by atoms with E-state index in [0.717, 1.165) is 5.69 Å². The number of ether oxygens (including phenoxy) is 1. The van der Waals surface area contributed by atoms with Crippen molar-refractivity contribution in [2.45, 2.75) is 13.0 Å². The van der Waals surface area contributed by atoms with Gasteiger partial charge in [-0.2, -0.15) is 5.26 Å². The monoisotopic (exact) mass is 224 g/mol. The summed E-state index contributed by atoms with van der Waals surface area (Å²) in [6, 6.07) is 7.20. The van der Waals surface area contributed by atoms with E-state index in [-0.39, 0.29) is 6.10 Å². The summed E-state index contributed by atoms with van der Waals surface area (Å²) in [6.45, 7) is 2.65. The Balaban J connectivity index is 2.67. The van der Waals surface area contributed by atoms with Crippen LogP contribution in [0.15, 0.2) is 18.2 Å². The summed E-state index contributed by atoms with van der Waals surface area (Å²) in [6.07, 6.45) is 0.122. The third kappa shape index (κ3) is 3.43. The molecule has 0 aromatic heterocycles. The molecule has 0 heterocycles. The first-order valence-corrected chi connectivity index (χ1v) is 5.01. The van der Waals surface area contributed by atoms with E-state index in [1.807, 2.05) is 13.0 Å². The highest BCUT2D eigenvalue weighted by Gasteiger charge is 2.03. The maximum absolute atomic E-state index is 8.66. The van der Waals surface area contributed by atoms with Crippen LogP contribution in [-0.4, -0.2) is 19.8 Å². The summed E-state index contributed by atoms with van der Waals surface area (Å²) in [5, 5.41) is 12.4. The number of nitrogens with one attached hydrogen (secondary N) is 1. The highest BCUT2D eigenvalue weighted by Crippen LogP contribution is 2.22. The van der Waals surface area contributed by atoms with E-state index >= 15 is 0 Å². The number of benzene rings is 1. The number of methoxy groups -OCH3 is 1. The van der Waals surface area contributed by atoms with Crippen molar-refractivity contribution in [3.63, 3.8) is 0 Å². The van der Waals surface area contributed by atoms with Gasteiger partial charge < -0.3 is 10.1 Å². The first-order chi connectivity index (χ1) is 7.17. The van der Waals surface area contributed by atoms with Gasteiger partial charge in [-0.05, 0) is 25.1 Å². The van der Waals surface area contributed by atoms with E-state index in [0.29, 0.717) is 17.1 Å². The van der Waals surface area contributed by atoms with Crippen LogP contribution >= 0.6 is 11.6 Å². The quantitative estimate of drug-likeness (QED) is 0.855. The summed E-state index contributed by atoms with van der Waals surface area (Å²) >= 11 is 5.98. The predicted octanol–water partition coefficient (Wildman–Crippen LogP) is 2.66. The molecular formula is C11H13ClN2O. The molecule has 0 aliphatic carbocycles. The highest BCUT2D eigenvalue weighted by atomic mass is 35.5. The molecule has 1 atom stereocenters. The maximum atomic E-state index is 8.66. The van der Waals surface area contributed by atoms with Crippen LogP contribution in [-0.2, 0) is 4.74 Å². The van der Waals surface area contributed by atoms with Crippen LogP contribution in [0.3, 0.4) is 0 Å². The Hall–Kier alpha value is -1.24. The highest BCUT2D eigenvalue weighted by molar-refractivity contribution is 6.33. The maximum Gasteiger partial charge on any atom is 0.0992 e. The van der Waals surface area contributed by atoms with Crippen molar-refractivity contribution >= 4 is 17.3 Å². The number of rotatable bonds is 4. The number of hydrogen-bond acceptors (Lipinski definition) is 3. The molecule has 4 heteroatoms. The second-order valence-electron chi connectivity index (χ2n) is 3.23. The molecule has 0 saturated carbocycles. The van der Waals surface area contributed by atoms with Crippen LogP contribution in [0.25, 0.3) is 0 Å². The molecule has 15 heavy (non-hydrogen) atoms. The Morgan fingerprint density at radius 2 is 2.33 bits per heavy atom. The van der Waals surface area contributed by atoms with Gasteiger partial charge in [-0.25, -0.2) is 0 Å². The van der Waals surface area contributed by atoms with Crippen molar-refractivity contribution < 1.29 is 4.74 Å². The van der Waals surface area contributed by atoms with Gasteiger partial charge in [0.05, 0.1) is 28.4 Å². The predicted molar refractivity (Wildman–Crippen MR) is 61.1 cm³/mol. The van der Waals surface area contributed by atoms with Gasteiger partial charge in [0, 0.05) is 13.7 Å². The summed E-state index contributed by atoms with van der Waals surface area (Å²) in [5.74, 6) is 0. The van der Waals surface area contributed by atoms with E-state index in [1.165, 1.54) is 0 Å². The Bertz CT molecular complexity index is 373. The van der Waals surface area contributed by atoms with Crippen LogP contribution in [0, 0.1) is 11.3 Å². The van der Waals surface area contributed by atoms with Gasteiger partial charge in [-0.3, -0.25) is 0 Å². The fourth-order valence-corrected chi connectivity index (χ4v) is 1.31. The van der Waals surface area contributed by atoms with Crippen molar-refractivity contribution in [3.05, 3.63) is 28.8 Å². The third-order valence-corrected chi connectivity index (χ3v) is 2.39. The second kappa shape index (κ2) is 5.59. The second-order valence-corrected chi connectivity index (χ2v) is 3.64. The van der Waals surface area contributed by atoms with Crippen molar-refractivity contribution in [1.29, 1.82) is 5.26 Å². The number of nitrogens with zero attached hydrogens (tertiary/aromatic N) is 1. The van der Waals surface area contributed by atoms with Crippen LogP contribution in [0.1, 0.15) is 12.5 Å². The van der Waals surface area contributed by atoms with Gasteiger partial charge in [-0.1, -0.05) is 11.6 Å². The molecule has 0 aliphatic rings. The average Bonchev–Trinajstić information content (AvgIpc) is 2.26. The lowest BCUT2D eigenvalue weighted by molar-refractivity contribution is 0.129. The molecule has 3 nitrogen and oxygen atoms in total. The van der Waals surface area contributed by atoms with Gasteiger partial charge >= 0.3 is 0 Å². The molecule has 0 aliphatic heterocycles. The Morgan fingerprint density at radius 1 is 1.60 bits per heavy atom. The molecule has 1 aromatic rings. The summed E-state index contributed by atoms with van der Waals surface area (Å²) in [7, 11) is 1.66. The van der Waals surface area contributed by atoms with Crippen LogP contribution in [0.4, 0.5) is 5.69 Å². The smallest absolute Gasteiger partial charge is 0.0992 e. The van der Waals surface area contributed by atoms with Crippen molar-refractivity contribution in [2.75, 3.05) is 19.0 Å². The Kier molecular flexibility index (Phi) is 4.41. The molecule has 0 radical (unpaired) electrons. The lowest BCUT2D eigenvalue weighted by Gasteiger charge is -2.12. The first-order valence-electron chi connectivity index (χ1n) is 4.63. The minimum Gasteiger partial charge on any atom is -0.381 e. The van der Waals surface area contributed by atoms with Crippen molar-refractivity contribution in [2.24, 2.45) is 0 Å². The van der Waals surface area contributed by atoms with E-state index in [2.05, 4.69) is 5.32 Å². The normalized spacial score (nSPS) is 11.9. The molecule has 1 aromatic carbocycles. The Morgan fingerprint density at radius 3 is 2.87 bits per heavy atom. The molecular weight excluding hydrogens is 212 g/mol. The number of nitriles is 1. The fraction of sp³-hybridized carbons (Fsp3) is 0.364. The first kappa shape index (κ1) is 11.8. The molecule has 0 spiro atoms. The molecule has 0 amide bonds. The van der Waals surface area contributed by atoms with E-state index in [9.17, 15) is 0 Å². The minimum atomic E-state index is 0.122. The zero-order valence-corrected chi connectivity index (χ0v) is 9.51. The molecule has 0 saturated heterocycles. The number of anilines is 1.